The minimum atomic E-state index is -4.63. The first-order chi connectivity index (χ1) is 16.3. The van der Waals surface area contributed by atoms with Crippen LogP contribution in [0.4, 0.5) is 13.2 Å². The number of hydrogen-bond donors (Lipinski definition) is 2. The first-order valence-electron chi connectivity index (χ1n) is 10.8. The van der Waals surface area contributed by atoms with E-state index >= 15 is 0 Å². The second-order valence-corrected chi connectivity index (χ2v) is 8.33. The molecule has 174 valence electrons. The van der Waals surface area contributed by atoms with Gasteiger partial charge in [0, 0.05) is 23.6 Å². The van der Waals surface area contributed by atoms with Gasteiger partial charge in [-0.1, -0.05) is 29.8 Å². The molecule has 0 bridgehead atoms. The van der Waals surface area contributed by atoms with Crippen LogP contribution in [0.1, 0.15) is 48.1 Å². The predicted molar refractivity (Wildman–Crippen MR) is 122 cm³/mol. The summed E-state index contributed by atoms with van der Waals surface area (Å²) in [4.78, 5) is 3.76. The lowest BCUT2D eigenvalue weighted by molar-refractivity contribution is -0.141. The predicted octanol–water partition coefficient (Wildman–Crippen LogP) is 4.94. The van der Waals surface area contributed by atoms with Gasteiger partial charge in [-0.05, 0) is 37.0 Å². The van der Waals surface area contributed by atoms with Crippen LogP contribution in [0.5, 0.6) is 0 Å². The highest BCUT2D eigenvalue weighted by atomic mass is 19.4. The number of nitrogens with zero attached hydrogens (tertiary/aromatic N) is 5. The summed E-state index contributed by atoms with van der Waals surface area (Å²) in [5, 5.41) is 15.8. The number of alkyl halides is 3. The second-order valence-electron chi connectivity index (χ2n) is 8.33. The number of hydrogen-bond acceptors (Lipinski definition) is 5. The molecule has 3 heterocycles. The molecule has 0 saturated heterocycles. The van der Waals surface area contributed by atoms with E-state index in [0.29, 0.717) is 22.2 Å². The smallest absolute Gasteiger partial charge is 0.319 e. The average Bonchev–Trinajstić information content (AvgIpc) is 3.40. The van der Waals surface area contributed by atoms with Crippen LogP contribution in [-0.4, -0.2) is 29.9 Å². The van der Waals surface area contributed by atoms with Gasteiger partial charge in [0.05, 0.1) is 17.3 Å². The van der Waals surface area contributed by atoms with Crippen molar-refractivity contribution in [1.29, 1.82) is 0 Å². The standard InChI is InChI=1S/C24H22F3N7/c1-3-17(28)22-21-16(11-18(30-22)24(25,26)27)20(31-32-21)15-9-5-8-14(10-15)19(13-6-4-7-13)23-33-29-12-34(23)2/h3,5,8-12,17H,1,4,6-7,28H2,2H3,(H,31,32)/t17-/m1/s1. The third kappa shape index (κ3) is 3.69. The number of pyridine rings is 1. The molecule has 0 aliphatic heterocycles. The Kier molecular flexibility index (Phi) is 5.32. The molecular weight excluding hydrogens is 443 g/mol. The Morgan fingerprint density at radius 2 is 2.06 bits per heavy atom. The third-order valence-corrected chi connectivity index (χ3v) is 6.11. The maximum Gasteiger partial charge on any atom is 0.433 e. The summed E-state index contributed by atoms with van der Waals surface area (Å²) in [5.74, 6) is 0.751. The SMILES string of the molecule is C=C[C@@H](N)c1nc(C(F)(F)F)cc2c(-c3cccc(C(=C4CCC4)c4nncn4C)c3)n[nH]c12. The highest BCUT2D eigenvalue weighted by Gasteiger charge is 2.34. The van der Waals surface area contributed by atoms with Crippen LogP contribution in [-0.2, 0) is 13.2 Å². The number of aromatic amines is 1. The Labute approximate surface area is 193 Å². The second kappa shape index (κ2) is 8.21. The Morgan fingerprint density at radius 1 is 1.26 bits per heavy atom. The Balaban J connectivity index is 1.69. The van der Waals surface area contributed by atoms with Crippen molar-refractivity contribution >= 4 is 16.5 Å². The molecule has 1 fully saturated rings. The normalized spacial score (nSPS) is 14.8. The quantitative estimate of drug-likeness (QED) is 0.407. The van der Waals surface area contributed by atoms with Gasteiger partial charge in [0.15, 0.2) is 5.82 Å². The van der Waals surface area contributed by atoms with Crippen molar-refractivity contribution in [3.05, 3.63) is 77.7 Å². The number of nitrogens with two attached hydrogens (primary N) is 1. The molecule has 1 aliphatic carbocycles. The zero-order valence-electron chi connectivity index (χ0n) is 18.4. The zero-order chi connectivity index (χ0) is 24.0. The lowest BCUT2D eigenvalue weighted by Crippen LogP contribution is -2.15. The number of aryl methyl sites for hydroxylation is 1. The molecule has 0 amide bonds. The molecule has 10 heteroatoms. The van der Waals surface area contributed by atoms with E-state index in [-0.39, 0.29) is 5.69 Å². The highest BCUT2D eigenvalue weighted by Crippen LogP contribution is 2.39. The molecule has 3 N–H and O–H groups in total. The molecule has 0 radical (unpaired) electrons. The van der Waals surface area contributed by atoms with Gasteiger partial charge in [0.25, 0.3) is 0 Å². The van der Waals surface area contributed by atoms with Crippen molar-refractivity contribution in [2.45, 2.75) is 31.5 Å². The summed E-state index contributed by atoms with van der Waals surface area (Å²) in [7, 11) is 1.88. The summed E-state index contributed by atoms with van der Waals surface area (Å²) in [6.07, 6.45) is 1.42. The molecule has 0 unspecified atom stereocenters. The van der Waals surface area contributed by atoms with Crippen molar-refractivity contribution in [1.82, 2.24) is 29.9 Å². The maximum atomic E-state index is 13.6. The Hall–Kier alpha value is -3.79. The van der Waals surface area contributed by atoms with E-state index in [1.54, 1.807) is 6.33 Å². The fourth-order valence-corrected chi connectivity index (χ4v) is 4.19. The van der Waals surface area contributed by atoms with Crippen molar-refractivity contribution < 1.29 is 13.2 Å². The van der Waals surface area contributed by atoms with E-state index in [4.69, 9.17) is 5.73 Å². The van der Waals surface area contributed by atoms with Gasteiger partial charge in [-0.3, -0.25) is 5.10 Å². The van der Waals surface area contributed by atoms with Crippen molar-refractivity contribution in [2.75, 3.05) is 0 Å². The molecule has 0 spiro atoms. The van der Waals surface area contributed by atoms with Crippen LogP contribution in [0.15, 0.2) is 54.9 Å². The van der Waals surface area contributed by atoms with E-state index in [0.717, 1.165) is 42.3 Å². The number of aromatic nitrogens is 6. The summed E-state index contributed by atoms with van der Waals surface area (Å²) in [6, 6.07) is 7.70. The molecule has 1 saturated carbocycles. The Bertz CT molecular complexity index is 1420. The molecule has 1 atom stereocenters. The largest absolute Gasteiger partial charge is 0.433 e. The van der Waals surface area contributed by atoms with Crippen LogP contribution in [0.3, 0.4) is 0 Å². The molecule has 34 heavy (non-hydrogen) atoms. The highest BCUT2D eigenvalue weighted by molar-refractivity contribution is 5.95. The fraction of sp³-hybridized carbons (Fsp3) is 0.250. The minimum absolute atomic E-state index is 0.0473. The molecule has 5 rings (SSSR count). The van der Waals surface area contributed by atoms with Crippen LogP contribution in [0, 0.1) is 0 Å². The van der Waals surface area contributed by atoms with E-state index < -0.39 is 17.9 Å². The summed E-state index contributed by atoms with van der Waals surface area (Å²) >= 11 is 0. The number of H-pyrrole nitrogens is 1. The van der Waals surface area contributed by atoms with E-state index in [1.807, 2.05) is 35.9 Å². The van der Waals surface area contributed by atoms with Crippen molar-refractivity contribution in [3.63, 3.8) is 0 Å². The first kappa shape index (κ1) is 22.0. The number of rotatable bonds is 5. The van der Waals surface area contributed by atoms with Gasteiger partial charge in [0.2, 0.25) is 0 Å². The van der Waals surface area contributed by atoms with E-state index in [2.05, 4.69) is 32.0 Å². The van der Waals surface area contributed by atoms with E-state index in [9.17, 15) is 13.2 Å². The molecule has 4 aromatic rings. The maximum absolute atomic E-state index is 13.6. The number of halogens is 3. The number of fused-ring (bicyclic) bond motifs is 1. The number of benzene rings is 1. The topological polar surface area (TPSA) is 98.3 Å². The molecule has 7 nitrogen and oxygen atoms in total. The van der Waals surface area contributed by atoms with Crippen molar-refractivity contribution in [3.8, 4) is 11.3 Å². The first-order valence-corrected chi connectivity index (χ1v) is 10.8. The van der Waals surface area contributed by atoms with Crippen LogP contribution >= 0.6 is 0 Å². The van der Waals surface area contributed by atoms with Crippen LogP contribution < -0.4 is 5.73 Å². The van der Waals surface area contributed by atoms with Crippen molar-refractivity contribution in [2.24, 2.45) is 12.8 Å². The Morgan fingerprint density at radius 3 is 2.68 bits per heavy atom. The summed E-state index contributed by atoms with van der Waals surface area (Å²) < 4.78 is 42.7. The molecule has 3 aromatic heterocycles. The van der Waals surface area contributed by atoms with E-state index in [1.165, 1.54) is 11.6 Å². The van der Waals surface area contributed by atoms with Crippen LogP contribution in [0.25, 0.3) is 27.7 Å². The summed E-state index contributed by atoms with van der Waals surface area (Å²) in [5.41, 5.74) is 9.61. The average molecular weight is 465 g/mol. The number of nitrogens with one attached hydrogen (secondary N) is 1. The van der Waals surface area contributed by atoms with Crippen LogP contribution in [0.2, 0.25) is 0 Å². The molecule has 1 aliphatic rings. The lowest BCUT2D eigenvalue weighted by Gasteiger charge is -2.22. The summed E-state index contributed by atoms with van der Waals surface area (Å²) in [6.45, 7) is 3.59. The van der Waals surface area contributed by atoms with Gasteiger partial charge >= 0.3 is 6.18 Å². The lowest BCUT2D eigenvalue weighted by atomic mass is 9.84. The number of allylic oxidation sites excluding steroid dienone is 1. The molecular formula is C24H22F3N7. The molecule has 1 aromatic carbocycles. The van der Waals surface area contributed by atoms with Gasteiger partial charge < -0.3 is 10.3 Å². The minimum Gasteiger partial charge on any atom is -0.319 e. The third-order valence-electron chi connectivity index (χ3n) is 6.11. The zero-order valence-corrected chi connectivity index (χ0v) is 18.4. The van der Waals surface area contributed by atoms with Gasteiger partial charge in [-0.25, -0.2) is 4.98 Å². The van der Waals surface area contributed by atoms with Gasteiger partial charge in [-0.2, -0.15) is 18.3 Å². The van der Waals surface area contributed by atoms with Gasteiger partial charge in [-0.15, -0.1) is 16.8 Å². The van der Waals surface area contributed by atoms with Gasteiger partial charge in [0.1, 0.15) is 17.7 Å². The fourth-order valence-electron chi connectivity index (χ4n) is 4.19. The monoisotopic (exact) mass is 465 g/mol.